The smallest absolute Gasteiger partial charge is 0.339 e. The molecule has 17 heavy (non-hydrogen) atoms. The number of hydrogen-bond acceptors (Lipinski definition) is 3. The third-order valence-corrected chi connectivity index (χ3v) is 2.03. The van der Waals surface area contributed by atoms with Gasteiger partial charge in [-0.15, -0.1) is 0 Å². The van der Waals surface area contributed by atoms with Crippen LogP contribution in [0.5, 0.6) is 0 Å². The van der Waals surface area contributed by atoms with E-state index in [1.165, 1.54) is 0 Å². The second kappa shape index (κ2) is 6.03. The Morgan fingerprint density at radius 1 is 1.35 bits per heavy atom. The molecule has 1 aromatic carbocycles. The third kappa shape index (κ3) is 3.90. The molecule has 0 aromatic heterocycles. The summed E-state index contributed by atoms with van der Waals surface area (Å²) in [6, 6.07) is -2.83. The number of benzene rings is 1. The zero-order chi connectivity index (χ0) is 16.3. The SMILES string of the molecule is [2H]c1c([2H])c([2H])c(C(=O)OCCC(C)C)c(C(=O)O)c1[2H]. The molecule has 0 radical (unpaired) electrons. The van der Waals surface area contributed by atoms with Crippen LogP contribution in [0, 0.1) is 5.92 Å². The average molecular weight is 240 g/mol. The molecule has 4 heteroatoms. The van der Waals surface area contributed by atoms with Crippen molar-refractivity contribution < 1.29 is 24.9 Å². The molecule has 4 nitrogen and oxygen atoms in total. The highest BCUT2D eigenvalue weighted by Crippen LogP contribution is 2.11. The largest absolute Gasteiger partial charge is 0.478 e. The summed E-state index contributed by atoms with van der Waals surface area (Å²) in [7, 11) is 0. The number of hydrogen-bond donors (Lipinski definition) is 1. The first-order chi connectivity index (χ1) is 9.68. The zero-order valence-electron chi connectivity index (χ0n) is 13.7. The number of carboxylic acids is 1. The van der Waals surface area contributed by atoms with Gasteiger partial charge in [0, 0.05) is 0 Å². The summed E-state index contributed by atoms with van der Waals surface area (Å²) in [4.78, 5) is 23.1. The van der Waals surface area contributed by atoms with Gasteiger partial charge in [-0.1, -0.05) is 25.9 Å². The van der Waals surface area contributed by atoms with Gasteiger partial charge < -0.3 is 9.84 Å². The van der Waals surface area contributed by atoms with E-state index in [-0.39, 0.29) is 12.5 Å². The molecule has 1 rings (SSSR count). The normalized spacial score (nSPS) is 13.6. The molecule has 0 bridgehead atoms. The summed E-state index contributed by atoms with van der Waals surface area (Å²) in [5.41, 5.74) is -1.41. The molecule has 0 aliphatic rings. The Kier molecular flexibility index (Phi) is 2.94. The highest BCUT2D eigenvalue weighted by molar-refractivity contribution is 6.02. The van der Waals surface area contributed by atoms with Crippen molar-refractivity contribution in [3.8, 4) is 0 Å². The van der Waals surface area contributed by atoms with Crippen LogP contribution in [0.2, 0.25) is 0 Å². The molecule has 0 saturated carbocycles. The molecular weight excluding hydrogens is 220 g/mol. The van der Waals surface area contributed by atoms with E-state index < -0.39 is 47.2 Å². The lowest BCUT2D eigenvalue weighted by molar-refractivity contribution is 0.0478. The number of carbonyl (C=O) groups excluding carboxylic acids is 1. The number of aromatic carboxylic acids is 1. The van der Waals surface area contributed by atoms with Gasteiger partial charge in [-0.2, -0.15) is 0 Å². The van der Waals surface area contributed by atoms with Crippen molar-refractivity contribution in [2.24, 2.45) is 5.92 Å². The Labute approximate surface area is 106 Å². The van der Waals surface area contributed by atoms with Crippen LogP contribution in [0.4, 0.5) is 0 Å². The van der Waals surface area contributed by atoms with Crippen molar-refractivity contribution in [1.29, 1.82) is 0 Å². The summed E-state index contributed by atoms with van der Waals surface area (Å²) in [5, 5.41) is 9.09. The summed E-state index contributed by atoms with van der Waals surface area (Å²) < 4.78 is 35.1. The molecule has 0 amide bonds. The van der Waals surface area contributed by atoms with Crippen LogP contribution < -0.4 is 0 Å². The number of carboxylic acid groups (broad SMARTS) is 1. The maximum absolute atomic E-state index is 12.0. The van der Waals surface area contributed by atoms with Gasteiger partial charge in [-0.05, 0) is 24.4 Å². The van der Waals surface area contributed by atoms with E-state index in [0.717, 1.165) is 0 Å². The van der Waals surface area contributed by atoms with E-state index in [9.17, 15) is 9.59 Å². The molecule has 0 atom stereocenters. The molecule has 0 fully saturated rings. The van der Waals surface area contributed by atoms with Crippen LogP contribution in [0.15, 0.2) is 24.2 Å². The molecule has 92 valence electrons. The monoisotopic (exact) mass is 240 g/mol. The summed E-state index contributed by atoms with van der Waals surface area (Å²) in [5.74, 6) is -2.38. The molecule has 0 spiro atoms. The fraction of sp³-hybridized carbons (Fsp3) is 0.385. The van der Waals surface area contributed by atoms with Gasteiger partial charge in [0.15, 0.2) is 0 Å². The summed E-state index contributed by atoms with van der Waals surface area (Å²) >= 11 is 0. The number of ether oxygens (including phenoxy) is 1. The molecule has 1 aromatic rings. The summed E-state index contributed by atoms with van der Waals surface area (Å²) in [6.45, 7) is 3.90. The number of rotatable bonds is 5. The van der Waals surface area contributed by atoms with Gasteiger partial charge >= 0.3 is 11.9 Å². The first-order valence-electron chi connectivity index (χ1n) is 7.19. The highest BCUT2D eigenvalue weighted by Gasteiger charge is 2.16. The lowest BCUT2D eigenvalue weighted by atomic mass is 10.1. The van der Waals surface area contributed by atoms with Crippen molar-refractivity contribution in [3.63, 3.8) is 0 Å². The number of esters is 1. The minimum atomic E-state index is -1.60. The van der Waals surface area contributed by atoms with E-state index in [0.29, 0.717) is 6.42 Å². The van der Waals surface area contributed by atoms with Crippen molar-refractivity contribution >= 4 is 11.9 Å². The van der Waals surface area contributed by atoms with E-state index in [1.807, 2.05) is 13.8 Å². The molecular formula is C13H16O4. The van der Waals surface area contributed by atoms with Gasteiger partial charge in [0.25, 0.3) is 0 Å². The van der Waals surface area contributed by atoms with Crippen LogP contribution in [0.3, 0.4) is 0 Å². The Morgan fingerprint density at radius 3 is 2.47 bits per heavy atom. The van der Waals surface area contributed by atoms with Crippen LogP contribution >= 0.6 is 0 Å². The van der Waals surface area contributed by atoms with Gasteiger partial charge in [0.2, 0.25) is 0 Å². The molecule has 0 unspecified atom stereocenters. The van der Waals surface area contributed by atoms with Crippen molar-refractivity contribution in [3.05, 3.63) is 35.3 Å². The maximum Gasteiger partial charge on any atom is 0.339 e. The van der Waals surface area contributed by atoms with Gasteiger partial charge in [-0.25, -0.2) is 9.59 Å². The first kappa shape index (κ1) is 8.28. The quantitative estimate of drug-likeness (QED) is 0.803. The van der Waals surface area contributed by atoms with Crippen molar-refractivity contribution in [2.45, 2.75) is 20.3 Å². The van der Waals surface area contributed by atoms with Gasteiger partial charge in [0.1, 0.15) is 0 Å². The van der Waals surface area contributed by atoms with Crippen LogP contribution in [-0.2, 0) is 4.74 Å². The Morgan fingerprint density at radius 2 is 1.94 bits per heavy atom. The number of carbonyl (C=O) groups is 2. The second-order valence-corrected chi connectivity index (χ2v) is 3.87. The maximum atomic E-state index is 12.0. The Bertz CT molecular complexity index is 584. The average Bonchev–Trinajstić information content (AvgIpc) is 2.39. The standard InChI is InChI=1S/C13H16O4/c1-9(2)7-8-17-13(16)11-6-4-3-5-10(11)12(14)15/h3-6,9H,7-8H2,1-2H3,(H,14,15)/i3D,4D,5D,6D. The molecule has 0 aliphatic heterocycles. The zero-order valence-corrected chi connectivity index (χ0v) is 9.66. The molecule has 0 aliphatic carbocycles. The van der Waals surface area contributed by atoms with Crippen molar-refractivity contribution in [1.82, 2.24) is 0 Å². The van der Waals surface area contributed by atoms with Crippen LogP contribution in [0.25, 0.3) is 0 Å². The van der Waals surface area contributed by atoms with E-state index in [1.54, 1.807) is 0 Å². The fourth-order valence-corrected chi connectivity index (χ4v) is 1.09. The van der Waals surface area contributed by atoms with Gasteiger partial charge in [-0.3, -0.25) is 0 Å². The topological polar surface area (TPSA) is 63.6 Å². The Balaban J connectivity index is 3.27. The first-order valence-corrected chi connectivity index (χ1v) is 5.19. The fourth-order valence-electron chi connectivity index (χ4n) is 1.09. The van der Waals surface area contributed by atoms with Crippen LogP contribution in [0.1, 0.15) is 46.5 Å². The van der Waals surface area contributed by atoms with Gasteiger partial charge in [0.05, 0.1) is 23.2 Å². The van der Waals surface area contributed by atoms with E-state index in [4.69, 9.17) is 15.3 Å². The van der Waals surface area contributed by atoms with Crippen LogP contribution in [-0.4, -0.2) is 23.7 Å². The third-order valence-electron chi connectivity index (χ3n) is 2.03. The second-order valence-electron chi connectivity index (χ2n) is 3.87. The van der Waals surface area contributed by atoms with Crippen molar-refractivity contribution in [2.75, 3.05) is 6.61 Å². The molecule has 1 N–H and O–H groups in total. The highest BCUT2D eigenvalue weighted by atomic mass is 16.5. The minimum Gasteiger partial charge on any atom is -0.478 e. The predicted molar refractivity (Wildman–Crippen MR) is 63.1 cm³/mol. The molecule has 0 heterocycles. The minimum absolute atomic E-state index is 0.0539. The lowest BCUT2D eigenvalue weighted by Gasteiger charge is -2.08. The summed E-state index contributed by atoms with van der Waals surface area (Å²) in [6.07, 6.45) is 0.569. The Hall–Kier alpha value is -1.84. The predicted octanol–water partition coefficient (Wildman–Crippen LogP) is 2.59. The molecule has 0 saturated heterocycles. The van der Waals surface area contributed by atoms with E-state index >= 15 is 0 Å². The lowest BCUT2D eigenvalue weighted by Crippen LogP contribution is -2.12. The van der Waals surface area contributed by atoms with E-state index in [2.05, 4.69) is 0 Å².